The topological polar surface area (TPSA) is 225 Å². The molecular formula is C16H26N4O9. The number of carboxylic acids is 3. The lowest BCUT2D eigenvalue weighted by molar-refractivity contribution is -0.147. The molecule has 0 spiro atoms. The fraction of sp³-hybridized carbons (Fsp3) is 0.625. The molecule has 3 amide bonds. The zero-order valence-electron chi connectivity index (χ0n) is 16.0. The van der Waals surface area contributed by atoms with Gasteiger partial charge in [-0.3, -0.25) is 24.0 Å². The van der Waals surface area contributed by atoms with Crippen molar-refractivity contribution in [3.8, 4) is 0 Å². The van der Waals surface area contributed by atoms with E-state index in [1.165, 1.54) is 0 Å². The first-order valence-corrected chi connectivity index (χ1v) is 8.65. The van der Waals surface area contributed by atoms with Crippen LogP contribution in [0.1, 0.15) is 33.1 Å². The van der Waals surface area contributed by atoms with Crippen LogP contribution in [0.3, 0.4) is 0 Å². The second kappa shape index (κ2) is 12.3. The Morgan fingerprint density at radius 3 is 1.83 bits per heavy atom. The predicted molar refractivity (Wildman–Crippen MR) is 96.4 cm³/mol. The monoisotopic (exact) mass is 418 g/mol. The average molecular weight is 418 g/mol. The van der Waals surface area contributed by atoms with Crippen LogP contribution in [-0.4, -0.2) is 75.6 Å². The highest BCUT2D eigenvalue weighted by atomic mass is 16.4. The van der Waals surface area contributed by atoms with E-state index in [1.807, 2.05) is 5.32 Å². The van der Waals surface area contributed by atoms with Crippen LogP contribution >= 0.6 is 0 Å². The van der Waals surface area contributed by atoms with Crippen LogP contribution < -0.4 is 21.7 Å². The van der Waals surface area contributed by atoms with Gasteiger partial charge in [-0.1, -0.05) is 13.8 Å². The van der Waals surface area contributed by atoms with Crippen LogP contribution in [0.4, 0.5) is 0 Å². The molecule has 0 saturated carbocycles. The maximum atomic E-state index is 12.5. The molecule has 0 saturated heterocycles. The summed E-state index contributed by atoms with van der Waals surface area (Å²) in [5.74, 6) is -7.28. The highest BCUT2D eigenvalue weighted by Gasteiger charge is 2.32. The summed E-state index contributed by atoms with van der Waals surface area (Å²) in [5, 5.41) is 33.2. The number of nitrogens with one attached hydrogen (secondary N) is 3. The van der Waals surface area contributed by atoms with Gasteiger partial charge in [0.1, 0.15) is 18.1 Å². The second-order valence-electron chi connectivity index (χ2n) is 6.48. The molecular weight excluding hydrogens is 392 g/mol. The minimum absolute atomic E-state index is 0.268. The number of amides is 3. The molecule has 0 rings (SSSR count). The summed E-state index contributed by atoms with van der Waals surface area (Å²) < 4.78 is 0. The third kappa shape index (κ3) is 10.0. The maximum absolute atomic E-state index is 12.5. The van der Waals surface area contributed by atoms with Crippen LogP contribution in [0.2, 0.25) is 0 Å². The van der Waals surface area contributed by atoms with Crippen molar-refractivity contribution >= 4 is 35.6 Å². The first kappa shape index (κ1) is 25.8. The summed E-state index contributed by atoms with van der Waals surface area (Å²) in [6.45, 7) is 2.64. The molecule has 0 bridgehead atoms. The van der Waals surface area contributed by atoms with Crippen molar-refractivity contribution in [2.45, 2.75) is 51.2 Å². The summed E-state index contributed by atoms with van der Waals surface area (Å²) in [6.07, 6.45) is -1.58. The third-order valence-corrected chi connectivity index (χ3v) is 3.72. The Hall–Kier alpha value is -3.22. The lowest BCUT2D eigenvalue weighted by Crippen LogP contribution is -2.58. The van der Waals surface area contributed by atoms with Crippen molar-refractivity contribution in [3.05, 3.63) is 0 Å². The highest BCUT2D eigenvalue weighted by Crippen LogP contribution is 2.06. The lowest BCUT2D eigenvalue weighted by Gasteiger charge is -2.26. The van der Waals surface area contributed by atoms with Crippen molar-refractivity contribution in [2.75, 3.05) is 6.54 Å². The molecule has 0 aromatic carbocycles. The standard InChI is InChI=1S/C16H26N4O9/c1-7(2)13(15(27)19-9(16(28)29)5-12(24)25)20-14(26)8(3-4-11(22)23)18-10(21)6-17/h7-9,13H,3-6,17H2,1-2H3,(H,18,21)(H,19,27)(H,20,26)(H,22,23)(H,24,25)(H,28,29). The summed E-state index contributed by atoms with van der Waals surface area (Å²) in [6, 6.07) is -4.26. The van der Waals surface area contributed by atoms with Crippen LogP contribution in [0, 0.1) is 5.92 Å². The van der Waals surface area contributed by atoms with Gasteiger partial charge in [0.25, 0.3) is 0 Å². The van der Waals surface area contributed by atoms with E-state index in [0.29, 0.717) is 0 Å². The van der Waals surface area contributed by atoms with E-state index in [9.17, 15) is 28.8 Å². The summed E-state index contributed by atoms with van der Waals surface area (Å²) in [7, 11) is 0. The first-order valence-electron chi connectivity index (χ1n) is 8.65. The van der Waals surface area contributed by atoms with Gasteiger partial charge in [-0.15, -0.1) is 0 Å². The van der Waals surface area contributed by atoms with Gasteiger partial charge in [-0.2, -0.15) is 0 Å². The van der Waals surface area contributed by atoms with Crippen molar-refractivity contribution < 1.29 is 44.1 Å². The molecule has 3 atom stereocenters. The number of aliphatic carboxylic acids is 3. The molecule has 8 N–H and O–H groups in total. The normalized spacial score (nSPS) is 13.7. The molecule has 3 unspecified atom stereocenters. The van der Waals surface area contributed by atoms with E-state index in [1.54, 1.807) is 13.8 Å². The van der Waals surface area contributed by atoms with E-state index < -0.39 is 79.1 Å². The molecule has 164 valence electrons. The van der Waals surface area contributed by atoms with Crippen LogP contribution in [-0.2, 0) is 28.8 Å². The Morgan fingerprint density at radius 1 is 0.828 bits per heavy atom. The van der Waals surface area contributed by atoms with Crippen molar-refractivity contribution in [3.63, 3.8) is 0 Å². The summed E-state index contributed by atoms with van der Waals surface area (Å²) >= 11 is 0. The summed E-state index contributed by atoms with van der Waals surface area (Å²) in [5.41, 5.74) is 5.17. The number of rotatable bonds is 13. The van der Waals surface area contributed by atoms with Crippen LogP contribution in [0.5, 0.6) is 0 Å². The Kier molecular flexibility index (Phi) is 10.9. The molecule has 0 aliphatic heterocycles. The van der Waals surface area contributed by atoms with E-state index in [2.05, 4.69) is 10.6 Å². The zero-order valence-corrected chi connectivity index (χ0v) is 16.0. The number of hydrogen-bond donors (Lipinski definition) is 7. The molecule has 13 nitrogen and oxygen atoms in total. The maximum Gasteiger partial charge on any atom is 0.326 e. The molecule has 0 aromatic rings. The number of nitrogens with two attached hydrogens (primary N) is 1. The van der Waals surface area contributed by atoms with Gasteiger partial charge in [0.15, 0.2) is 0 Å². The molecule has 0 aromatic heterocycles. The van der Waals surface area contributed by atoms with Crippen LogP contribution in [0.15, 0.2) is 0 Å². The van der Waals surface area contributed by atoms with Gasteiger partial charge in [0, 0.05) is 6.42 Å². The van der Waals surface area contributed by atoms with Gasteiger partial charge in [-0.25, -0.2) is 4.79 Å². The van der Waals surface area contributed by atoms with Gasteiger partial charge < -0.3 is 37.0 Å². The fourth-order valence-electron chi connectivity index (χ4n) is 2.21. The smallest absolute Gasteiger partial charge is 0.326 e. The van der Waals surface area contributed by atoms with Gasteiger partial charge in [-0.05, 0) is 12.3 Å². The van der Waals surface area contributed by atoms with Gasteiger partial charge in [0.2, 0.25) is 17.7 Å². The van der Waals surface area contributed by atoms with Crippen LogP contribution in [0.25, 0.3) is 0 Å². The Morgan fingerprint density at radius 2 is 1.41 bits per heavy atom. The minimum atomic E-state index is -1.71. The minimum Gasteiger partial charge on any atom is -0.481 e. The quantitative estimate of drug-likeness (QED) is 0.166. The van der Waals surface area contributed by atoms with Crippen molar-refractivity contribution in [1.82, 2.24) is 16.0 Å². The second-order valence-corrected chi connectivity index (χ2v) is 6.48. The van der Waals surface area contributed by atoms with E-state index in [-0.39, 0.29) is 6.42 Å². The number of carboxylic acid groups (broad SMARTS) is 3. The van der Waals surface area contributed by atoms with Crippen molar-refractivity contribution in [2.24, 2.45) is 11.7 Å². The summed E-state index contributed by atoms with van der Waals surface area (Å²) in [4.78, 5) is 69.0. The van der Waals surface area contributed by atoms with E-state index in [4.69, 9.17) is 21.1 Å². The molecule has 0 fully saturated rings. The molecule has 0 aliphatic carbocycles. The van der Waals surface area contributed by atoms with E-state index >= 15 is 0 Å². The highest BCUT2D eigenvalue weighted by molar-refractivity contribution is 5.94. The Labute approximate surface area is 166 Å². The number of carbonyl (C=O) groups excluding carboxylic acids is 3. The Bertz CT molecular complexity index is 650. The first-order chi connectivity index (χ1) is 13.4. The molecule has 0 heterocycles. The Balaban J connectivity index is 5.33. The molecule has 0 aliphatic rings. The molecule has 29 heavy (non-hydrogen) atoms. The largest absolute Gasteiger partial charge is 0.481 e. The van der Waals surface area contributed by atoms with Gasteiger partial charge in [0.05, 0.1) is 13.0 Å². The van der Waals surface area contributed by atoms with Crippen molar-refractivity contribution in [1.29, 1.82) is 0 Å². The zero-order chi connectivity index (χ0) is 22.7. The number of hydrogen-bond acceptors (Lipinski definition) is 7. The molecule has 13 heteroatoms. The fourth-order valence-corrected chi connectivity index (χ4v) is 2.21. The third-order valence-electron chi connectivity index (χ3n) is 3.72. The lowest BCUT2D eigenvalue weighted by atomic mass is 10.0. The van der Waals surface area contributed by atoms with Gasteiger partial charge >= 0.3 is 17.9 Å². The predicted octanol–water partition coefficient (Wildman–Crippen LogP) is -2.52. The molecule has 0 radical (unpaired) electrons. The average Bonchev–Trinajstić information content (AvgIpc) is 2.60. The van der Waals surface area contributed by atoms with E-state index in [0.717, 1.165) is 0 Å². The number of carbonyl (C=O) groups is 6. The SMILES string of the molecule is CC(C)C(NC(=O)C(CCC(=O)O)NC(=O)CN)C(=O)NC(CC(=O)O)C(=O)O.